The van der Waals surface area contributed by atoms with Crippen LogP contribution < -0.4 is 5.32 Å². The van der Waals surface area contributed by atoms with E-state index in [9.17, 15) is 14.4 Å². The van der Waals surface area contributed by atoms with Crippen LogP contribution in [0.15, 0.2) is 48.5 Å². The highest BCUT2D eigenvalue weighted by molar-refractivity contribution is 5.80. The van der Waals surface area contributed by atoms with Crippen molar-refractivity contribution in [3.63, 3.8) is 0 Å². The summed E-state index contributed by atoms with van der Waals surface area (Å²) in [6.45, 7) is 1.43. The number of fused-ring (bicyclic) bond motifs is 1. The fourth-order valence-electron chi connectivity index (χ4n) is 4.32. The van der Waals surface area contributed by atoms with Gasteiger partial charge in [0.15, 0.2) is 0 Å². The van der Waals surface area contributed by atoms with Gasteiger partial charge in [0.05, 0.1) is 0 Å². The minimum atomic E-state index is -0.408. The largest absolute Gasteiger partial charge is 0.445 e. The van der Waals surface area contributed by atoms with Crippen molar-refractivity contribution in [2.24, 2.45) is 5.92 Å². The number of alkyl carbamates (subject to hydrolysis) is 1. The zero-order valence-electron chi connectivity index (χ0n) is 16.9. The van der Waals surface area contributed by atoms with E-state index in [-0.39, 0.29) is 24.5 Å². The molecule has 1 aliphatic carbocycles. The third-order valence-electron chi connectivity index (χ3n) is 6.01. The summed E-state index contributed by atoms with van der Waals surface area (Å²) < 4.78 is 5.29. The molecule has 0 atom stereocenters. The molecule has 2 aromatic carbocycles. The molecule has 0 saturated heterocycles. The molecule has 2 aromatic rings. The summed E-state index contributed by atoms with van der Waals surface area (Å²) in [4.78, 5) is 37.9. The molecule has 2 amide bonds. The Hall–Kier alpha value is -3.15. The minimum absolute atomic E-state index is 0.0109. The molecule has 6 nitrogen and oxygen atoms in total. The highest BCUT2D eigenvalue weighted by atomic mass is 16.5. The van der Waals surface area contributed by atoms with Gasteiger partial charge in [-0.2, -0.15) is 0 Å². The maximum atomic E-state index is 13.0. The normalized spacial score (nSPS) is 20.3. The van der Waals surface area contributed by atoms with Gasteiger partial charge in [-0.3, -0.25) is 9.59 Å². The Morgan fingerprint density at radius 1 is 1.00 bits per heavy atom. The number of benzene rings is 2. The average molecular weight is 406 g/mol. The molecular weight excluding hydrogens is 380 g/mol. The lowest BCUT2D eigenvalue weighted by atomic mass is 9.85. The summed E-state index contributed by atoms with van der Waals surface area (Å²) in [5.41, 5.74) is 3.78. The van der Waals surface area contributed by atoms with Crippen molar-refractivity contribution in [2.45, 2.75) is 51.4 Å². The van der Waals surface area contributed by atoms with Gasteiger partial charge >= 0.3 is 6.09 Å². The molecule has 1 aliphatic heterocycles. The van der Waals surface area contributed by atoms with Gasteiger partial charge in [0.2, 0.25) is 5.91 Å². The van der Waals surface area contributed by atoms with E-state index in [1.165, 1.54) is 0 Å². The number of nitrogens with zero attached hydrogens (tertiary/aromatic N) is 1. The molecule has 4 rings (SSSR count). The van der Waals surface area contributed by atoms with Crippen LogP contribution in [-0.2, 0) is 29.2 Å². The Kier molecular flexibility index (Phi) is 6.12. The summed E-state index contributed by atoms with van der Waals surface area (Å²) in [6.07, 6.45) is 3.49. The highest BCUT2D eigenvalue weighted by Gasteiger charge is 2.32. The van der Waals surface area contributed by atoms with Crippen molar-refractivity contribution in [3.05, 3.63) is 70.8 Å². The van der Waals surface area contributed by atoms with Crippen LogP contribution in [0.1, 0.15) is 52.7 Å². The number of aldehydes is 1. The van der Waals surface area contributed by atoms with Crippen LogP contribution >= 0.6 is 0 Å². The molecule has 1 saturated carbocycles. The Balaban J connectivity index is 1.22. The van der Waals surface area contributed by atoms with Crippen LogP contribution in [-0.4, -0.2) is 29.2 Å². The summed E-state index contributed by atoms with van der Waals surface area (Å²) in [5, 5.41) is 2.93. The molecule has 0 unspecified atom stereocenters. The Labute approximate surface area is 176 Å². The van der Waals surface area contributed by atoms with E-state index in [0.29, 0.717) is 18.7 Å². The fraction of sp³-hybridized carbons (Fsp3) is 0.375. The van der Waals surface area contributed by atoms with Crippen LogP contribution in [0.3, 0.4) is 0 Å². The number of amides is 2. The summed E-state index contributed by atoms with van der Waals surface area (Å²) in [5.74, 6) is 0.159. The van der Waals surface area contributed by atoms with E-state index < -0.39 is 6.09 Å². The van der Waals surface area contributed by atoms with Crippen molar-refractivity contribution < 1.29 is 19.1 Å². The molecule has 1 fully saturated rings. The third kappa shape index (κ3) is 4.70. The van der Waals surface area contributed by atoms with Gasteiger partial charge in [0, 0.05) is 30.6 Å². The summed E-state index contributed by atoms with van der Waals surface area (Å²) in [7, 11) is 0. The SMILES string of the molecule is O=Cc1ccc2c(c1)CN(C(=O)[C@H]1CC[C@H](NC(=O)OCc3ccccc3)CC1)C2. The second-order valence-electron chi connectivity index (χ2n) is 8.09. The standard InChI is InChI=1S/C24H26N2O4/c27-15-18-6-7-20-13-26(14-21(20)12-18)23(28)19-8-10-22(11-9-19)25-24(29)30-16-17-4-2-1-3-5-17/h1-7,12,15,19,22H,8-11,13-14,16H2,(H,25,29)/t19-,22-. The van der Waals surface area contributed by atoms with Crippen molar-refractivity contribution in [1.29, 1.82) is 0 Å². The highest BCUT2D eigenvalue weighted by Crippen LogP contribution is 2.30. The number of carbonyl (C=O) groups excluding carboxylic acids is 3. The van der Waals surface area contributed by atoms with Crippen molar-refractivity contribution in [3.8, 4) is 0 Å². The van der Waals surface area contributed by atoms with Crippen LogP contribution in [0, 0.1) is 5.92 Å². The summed E-state index contributed by atoms with van der Waals surface area (Å²) in [6, 6.07) is 15.2. The lowest BCUT2D eigenvalue weighted by molar-refractivity contribution is -0.137. The molecular formula is C24H26N2O4. The van der Waals surface area contributed by atoms with Gasteiger partial charge in [-0.05, 0) is 48.4 Å². The number of nitrogens with one attached hydrogen (secondary N) is 1. The van der Waals surface area contributed by atoms with Crippen molar-refractivity contribution in [2.75, 3.05) is 0 Å². The van der Waals surface area contributed by atoms with E-state index in [1.54, 1.807) is 6.07 Å². The van der Waals surface area contributed by atoms with E-state index in [1.807, 2.05) is 47.4 Å². The number of ether oxygens (including phenoxy) is 1. The minimum Gasteiger partial charge on any atom is -0.445 e. The molecule has 30 heavy (non-hydrogen) atoms. The lowest BCUT2D eigenvalue weighted by Crippen LogP contribution is -2.41. The van der Waals surface area contributed by atoms with E-state index in [0.717, 1.165) is 48.7 Å². The van der Waals surface area contributed by atoms with Gasteiger partial charge in [0.25, 0.3) is 0 Å². The van der Waals surface area contributed by atoms with Crippen molar-refractivity contribution in [1.82, 2.24) is 10.2 Å². The van der Waals surface area contributed by atoms with Crippen molar-refractivity contribution >= 4 is 18.3 Å². The van der Waals surface area contributed by atoms with Crippen LogP contribution in [0.25, 0.3) is 0 Å². The van der Waals surface area contributed by atoms with Crippen LogP contribution in [0.2, 0.25) is 0 Å². The van der Waals surface area contributed by atoms with E-state index in [2.05, 4.69) is 5.32 Å². The zero-order valence-corrected chi connectivity index (χ0v) is 16.9. The maximum absolute atomic E-state index is 13.0. The summed E-state index contributed by atoms with van der Waals surface area (Å²) >= 11 is 0. The molecule has 1 N–H and O–H groups in total. The van der Waals surface area contributed by atoms with Gasteiger partial charge in [-0.15, -0.1) is 0 Å². The molecule has 0 aromatic heterocycles. The maximum Gasteiger partial charge on any atom is 0.407 e. The average Bonchev–Trinajstić information content (AvgIpc) is 3.22. The molecule has 0 spiro atoms. The second-order valence-corrected chi connectivity index (χ2v) is 8.09. The number of hydrogen-bond acceptors (Lipinski definition) is 4. The molecule has 6 heteroatoms. The van der Waals surface area contributed by atoms with Gasteiger partial charge < -0.3 is 15.0 Å². The fourth-order valence-corrected chi connectivity index (χ4v) is 4.32. The van der Waals surface area contributed by atoms with E-state index in [4.69, 9.17) is 4.74 Å². The Morgan fingerprint density at radius 3 is 2.47 bits per heavy atom. The quantitative estimate of drug-likeness (QED) is 0.766. The topological polar surface area (TPSA) is 75.7 Å². The number of hydrogen-bond donors (Lipinski definition) is 1. The van der Waals surface area contributed by atoms with Gasteiger partial charge in [-0.25, -0.2) is 4.79 Å². The van der Waals surface area contributed by atoms with Gasteiger partial charge in [-0.1, -0.05) is 42.5 Å². The Morgan fingerprint density at radius 2 is 1.73 bits per heavy atom. The first kappa shape index (κ1) is 20.1. The molecule has 2 aliphatic rings. The van der Waals surface area contributed by atoms with Crippen LogP contribution in [0.5, 0.6) is 0 Å². The third-order valence-corrected chi connectivity index (χ3v) is 6.01. The lowest BCUT2D eigenvalue weighted by Gasteiger charge is -2.30. The second kappa shape index (κ2) is 9.11. The number of rotatable bonds is 5. The predicted molar refractivity (Wildman–Crippen MR) is 112 cm³/mol. The Bertz CT molecular complexity index is 920. The first-order valence-electron chi connectivity index (χ1n) is 10.5. The molecule has 0 radical (unpaired) electrons. The molecule has 156 valence electrons. The molecule has 0 bridgehead atoms. The first-order chi connectivity index (χ1) is 14.6. The van der Waals surface area contributed by atoms with Gasteiger partial charge in [0.1, 0.15) is 12.9 Å². The molecule has 1 heterocycles. The van der Waals surface area contributed by atoms with Crippen LogP contribution in [0.4, 0.5) is 4.79 Å². The monoisotopic (exact) mass is 406 g/mol. The predicted octanol–water partition coefficient (Wildman–Crippen LogP) is 3.83. The first-order valence-corrected chi connectivity index (χ1v) is 10.5. The van der Waals surface area contributed by atoms with E-state index >= 15 is 0 Å². The smallest absolute Gasteiger partial charge is 0.407 e. The number of carbonyl (C=O) groups is 3. The zero-order chi connectivity index (χ0) is 20.9.